The van der Waals surface area contributed by atoms with Gasteiger partial charge in [-0.2, -0.15) is 5.10 Å². The average molecular weight is 342 g/mol. The van der Waals surface area contributed by atoms with Crippen LogP contribution >= 0.6 is 0 Å². The quantitative estimate of drug-likeness (QED) is 0.741. The first kappa shape index (κ1) is 16.5. The fraction of sp³-hybridized carbons (Fsp3) is 0.579. The molecule has 2 N–H and O–H groups in total. The first-order valence-corrected chi connectivity index (χ1v) is 9.09. The van der Waals surface area contributed by atoms with E-state index in [2.05, 4.69) is 27.0 Å². The summed E-state index contributed by atoms with van der Waals surface area (Å²) in [7, 11) is 1.65. The Kier molecular flexibility index (Phi) is 4.25. The highest BCUT2D eigenvalue weighted by molar-refractivity contribution is 5.95. The summed E-state index contributed by atoms with van der Waals surface area (Å²) in [6.07, 6.45) is 10.0. The van der Waals surface area contributed by atoms with E-state index in [1.165, 1.54) is 25.8 Å². The Morgan fingerprint density at radius 2 is 2.44 bits per heavy atom. The van der Waals surface area contributed by atoms with E-state index in [9.17, 15) is 4.79 Å². The molecule has 1 aromatic rings. The third kappa shape index (κ3) is 2.55. The van der Waals surface area contributed by atoms with Gasteiger partial charge in [0.15, 0.2) is 5.69 Å². The summed E-state index contributed by atoms with van der Waals surface area (Å²) in [4.78, 5) is 15.4. The maximum atomic E-state index is 12.9. The molecule has 2 aliphatic heterocycles. The maximum Gasteiger partial charge on any atom is 0.272 e. The standard InChI is InChI=1S/C19H26N4O2/c1-3-5-13-15(6-4-11-25-2)21-22-17(13)18(24)20-16-12-23-10-9-19(23)8-7-14(16)19/h3-4,6,14,16H,1,5,7-12H2,2H3,(H,20,24)(H,21,22)/b6-4-. The van der Waals surface area contributed by atoms with Crippen LogP contribution in [0.5, 0.6) is 0 Å². The number of allylic oxidation sites excluding steroid dienone is 1. The van der Waals surface area contributed by atoms with Crippen molar-refractivity contribution in [2.75, 3.05) is 26.8 Å². The van der Waals surface area contributed by atoms with Crippen molar-refractivity contribution in [1.82, 2.24) is 20.4 Å². The number of methoxy groups -OCH3 is 1. The van der Waals surface area contributed by atoms with Gasteiger partial charge < -0.3 is 10.1 Å². The lowest BCUT2D eigenvalue weighted by atomic mass is 9.61. The highest BCUT2D eigenvalue weighted by Gasteiger charge is 2.63. The molecule has 3 aliphatic rings. The first-order chi connectivity index (χ1) is 12.2. The molecule has 3 unspecified atom stereocenters. The SMILES string of the molecule is C=CCc1c(C(=O)NC2CN3CCC34CCC24)n[nH]c1/C=C\COC. The molecule has 134 valence electrons. The van der Waals surface area contributed by atoms with Crippen LogP contribution in [0.3, 0.4) is 0 Å². The summed E-state index contributed by atoms with van der Waals surface area (Å²) in [6.45, 7) is 6.50. The summed E-state index contributed by atoms with van der Waals surface area (Å²) >= 11 is 0. The zero-order valence-corrected chi connectivity index (χ0v) is 14.8. The third-order valence-corrected chi connectivity index (χ3v) is 6.25. The largest absolute Gasteiger partial charge is 0.381 e. The maximum absolute atomic E-state index is 12.9. The fourth-order valence-electron chi connectivity index (χ4n) is 4.82. The van der Waals surface area contributed by atoms with Crippen LogP contribution in [0.25, 0.3) is 6.08 Å². The lowest BCUT2D eigenvalue weighted by Crippen LogP contribution is -2.64. The van der Waals surface area contributed by atoms with Gasteiger partial charge in [-0.15, -0.1) is 6.58 Å². The molecule has 1 aromatic heterocycles. The van der Waals surface area contributed by atoms with Gasteiger partial charge in [-0.1, -0.05) is 12.2 Å². The zero-order valence-electron chi connectivity index (χ0n) is 14.8. The molecule has 1 spiro atoms. The van der Waals surface area contributed by atoms with Gasteiger partial charge in [0.2, 0.25) is 0 Å². The number of ether oxygens (including phenoxy) is 1. The minimum Gasteiger partial charge on any atom is -0.381 e. The Bertz CT molecular complexity index is 706. The van der Waals surface area contributed by atoms with Crippen LogP contribution in [-0.4, -0.2) is 59.4 Å². The van der Waals surface area contributed by atoms with Gasteiger partial charge in [-0.25, -0.2) is 0 Å². The van der Waals surface area contributed by atoms with Crippen molar-refractivity contribution in [3.8, 4) is 0 Å². The number of amides is 1. The molecule has 0 bridgehead atoms. The van der Waals surface area contributed by atoms with E-state index in [1.54, 1.807) is 13.2 Å². The monoisotopic (exact) mass is 342 g/mol. The molecule has 6 nitrogen and oxygen atoms in total. The molecule has 1 amide bonds. The molecule has 6 heteroatoms. The van der Waals surface area contributed by atoms with Crippen LogP contribution in [0.1, 0.15) is 41.0 Å². The van der Waals surface area contributed by atoms with Gasteiger partial charge in [0.25, 0.3) is 5.91 Å². The molecular formula is C19H26N4O2. The Morgan fingerprint density at radius 3 is 3.04 bits per heavy atom. The van der Waals surface area contributed by atoms with E-state index >= 15 is 0 Å². The topological polar surface area (TPSA) is 70.2 Å². The molecule has 2 saturated heterocycles. The van der Waals surface area contributed by atoms with Crippen molar-refractivity contribution in [3.05, 3.63) is 35.7 Å². The molecule has 25 heavy (non-hydrogen) atoms. The van der Waals surface area contributed by atoms with Crippen molar-refractivity contribution < 1.29 is 9.53 Å². The van der Waals surface area contributed by atoms with E-state index in [1.807, 2.05) is 12.2 Å². The third-order valence-electron chi connectivity index (χ3n) is 6.25. The predicted molar refractivity (Wildman–Crippen MR) is 96.3 cm³/mol. The van der Waals surface area contributed by atoms with E-state index < -0.39 is 0 Å². The lowest BCUT2D eigenvalue weighted by Gasteiger charge is -2.58. The molecule has 0 aromatic carbocycles. The number of nitrogens with one attached hydrogen (secondary N) is 2. The zero-order chi connectivity index (χ0) is 17.4. The van der Waals surface area contributed by atoms with Crippen molar-refractivity contribution in [3.63, 3.8) is 0 Å². The Balaban J connectivity index is 1.49. The van der Waals surface area contributed by atoms with Gasteiger partial charge >= 0.3 is 0 Å². The summed E-state index contributed by atoms with van der Waals surface area (Å²) in [5.74, 6) is 0.544. The molecule has 0 radical (unpaired) electrons. The summed E-state index contributed by atoms with van der Waals surface area (Å²) in [6, 6.07) is 0.254. The second-order valence-corrected chi connectivity index (χ2v) is 7.34. The number of aromatic amines is 1. The van der Waals surface area contributed by atoms with Crippen molar-refractivity contribution in [2.24, 2.45) is 5.92 Å². The number of nitrogens with zero attached hydrogens (tertiary/aromatic N) is 2. The smallest absolute Gasteiger partial charge is 0.272 e. The van der Waals surface area contributed by atoms with E-state index in [-0.39, 0.29) is 11.9 Å². The normalized spacial score (nSPS) is 30.4. The van der Waals surface area contributed by atoms with Crippen molar-refractivity contribution >= 4 is 12.0 Å². The number of H-pyrrole nitrogens is 1. The molecule has 4 rings (SSSR count). The summed E-state index contributed by atoms with van der Waals surface area (Å²) in [5, 5.41) is 10.5. The van der Waals surface area contributed by atoms with Gasteiger partial charge in [0.1, 0.15) is 0 Å². The highest BCUT2D eigenvalue weighted by Crippen LogP contribution is 2.57. The van der Waals surface area contributed by atoms with Crippen LogP contribution in [0.4, 0.5) is 0 Å². The van der Waals surface area contributed by atoms with Gasteiger partial charge in [0.05, 0.1) is 12.3 Å². The minimum absolute atomic E-state index is 0.0750. The molecule has 3 fully saturated rings. The fourth-order valence-corrected chi connectivity index (χ4v) is 4.82. The van der Waals surface area contributed by atoms with Crippen LogP contribution < -0.4 is 5.32 Å². The average Bonchev–Trinajstić information content (AvgIpc) is 2.99. The van der Waals surface area contributed by atoms with Crippen LogP contribution in [0.2, 0.25) is 0 Å². The number of carbonyl (C=O) groups is 1. The molecule has 1 saturated carbocycles. The molecule has 3 atom stereocenters. The van der Waals surface area contributed by atoms with Crippen LogP contribution in [0, 0.1) is 5.92 Å². The Hall–Kier alpha value is -1.92. The number of carbonyl (C=O) groups excluding carboxylic acids is 1. The Labute approximate surface area is 148 Å². The van der Waals surface area contributed by atoms with E-state index in [4.69, 9.17) is 4.74 Å². The van der Waals surface area contributed by atoms with E-state index in [0.29, 0.717) is 30.2 Å². The Morgan fingerprint density at radius 1 is 1.56 bits per heavy atom. The van der Waals surface area contributed by atoms with Gasteiger partial charge in [-0.05, 0) is 37.7 Å². The van der Waals surface area contributed by atoms with Crippen molar-refractivity contribution in [1.29, 1.82) is 0 Å². The van der Waals surface area contributed by atoms with Crippen molar-refractivity contribution in [2.45, 2.75) is 37.3 Å². The molecule has 1 aliphatic carbocycles. The first-order valence-electron chi connectivity index (χ1n) is 9.09. The highest BCUT2D eigenvalue weighted by atomic mass is 16.5. The van der Waals surface area contributed by atoms with Gasteiger partial charge in [0, 0.05) is 37.3 Å². The van der Waals surface area contributed by atoms with Crippen LogP contribution in [-0.2, 0) is 11.2 Å². The summed E-state index contributed by atoms with van der Waals surface area (Å²) < 4.78 is 5.03. The van der Waals surface area contributed by atoms with E-state index in [0.717, 1.165) is 17.8 Å². The second-order valence-electron chi connectivity index (χ2n) is 7.34. The number of rotatable bonds is 7. The number of hydrogen-bond acceptors (Lipinski definition) is 4. The summed E-state index contributed by atoms with van der Waals surface area (Å²) in [5.41, 5.74) is 2.64. The molecule has 3 heterocycles. The molecular weight excluding hydrogens is 316 g/mol. The van der Waals surface area contributed by atoms with Crippen LogP contribution in [0.15, 0.2) is 18.7 Å². The predicted octanol–water partition coefficient (Wildman–Crippen LogP) is 1.76. The lowest BCUT2D eigenvalue weighted by molar-refractivity contribution is -0.0676. The van der Waals surface area contributed by atoms with Gasteiger partial charge in [-0.3, -0.25) is 14.8 Å². The number of aromatic nitrogens is 2. The number of hydrogen-bond donors (Lipinski definition) is 2. The minimum atomic E-state index is -0.0750. The second kappa shape index (κ2) is 6.42.